The van der Waals surface area contributed by atoms with Crippen LogP contribution in [-0.2, 0) is 6.54 Å². The van der Waals surface area contributed by atoms with Gasteiger partial charge in [-0.05, 0) is 31.0 Å². The van der Waals surface area contributed by atoms with E-state index >= 15 is 0 Å². The van der Waals surface area contributed by atoms with Gasteiger partial charge in [0.25, 0.3) is 0 Å². The van der Waals surface area contributed by atoms with Gasteiger partial charge in [0.05, 0.1) is 5.69 Å². The standard InChI is InChI=1S/C13H17N3O/c17-10-11-4-6-15(7-11)8-12-9-16-5-2-1-3-13(16)14-12/h1-3,5,9,11,17H,4,6-8,10H2. The van der Waals surface area contributed by atoms with E-state index in [-0.39, 0.29) is 0 Å². The molecular formula is C13H17N3O. The molecule has 3 rings (SSSR count). The lowest BCUT2D eigenvalue weighted by Crippen LogP contribution is -2.21. The number of hydrogen-bond acceptors (Lipinski definition) is 3. The summed E-state index contributed by atoms with van der Waals surface area (Å²) in [5.41, 5.74) is 2.11. The van der Waals surface area contributed by atoms with E-state index in [1.807, 2.05) is 24.4 Å². The third-order valence-corrected chi connectivity index (χ3v) is 3.43. The van der Waals surface area contributed by atoms with Gasteiger partial charge in [0.2, 0.25) is 0 Å². The van der Waals surface area contributed by atoms with Crippen LogP contribution in [0.1, 0.15) is 12.1 Å². The highest BCUT2D eigenvalue weighted by atomic mass is 16.3. The number of aliphatic hydroxyl groups excluding tert-OH is 1. The number of likely N-dealkylation sites (tertiary alicyclic amines) is 1. The normalized spacial score (nSPS) is 21.4. The average Bonchev–Trinajstić information content (AvgIpc) is 2.94. The molecule has 1 fully saturated rings. The lowest BCUT2D eigenvalue weighted by molar-refractivity contribution is 0.219. The molecule has 1 atom stereocenters. The fourth-order valence-electron chi connectivity index (χ4n) is 2.50. The highest BCUT2D eigenvalue weighted by Gasteiger charge is 2.22. The number of fused-ring (bicyclic) bond motifs is 1. The lowest BCUT2D eigenvalue weighted by atomic mass is 10.1. The van der Waals surface area contributed by atoms with Crippen molar-refractivity contribution in [3.05, 3.63) is 36.3 Å². The minimum absolute atomic E-state index is 0.307. The van der Waals surface area contributed by atoms with Crippen molar-refractivity contribution in [2.45, 2.75) is 13.0 Å². The molecule has 0 aromatic carbocycles. The van der Waals surface area contributed by atoms with E-state index in [4.69, 9.17) is 5.11 Å². The SMILES string of the molecule is OCC1CCN(Cc2cn3ccccc3n2)C1. The van der Waals surface area contributed by atoms with Crippen LogP contribution in [0.25, 0.3) is 5.65 Å². The van der Waals surface area contributed by atoms with Crippen LogP contribution in [0.3, 0.4) is 0 Å². The topological polar surface area (TPSA) is 40.8 Å². The first-order chi connectivity index (χ1) is 8.35. The summed E-state index contributed by atoms with van der Waals surface area (Å²) < 4.78 is 2.05. The van der Waals surface area contributed by atoms with Crippen molar-refractivity contribution in [2.75, 3.05) is 19.7 Å². The molecule has 1 saturated heterocycles. The van der Waals surface area contributed by atoms with Crippen LogP contribution in [0.15, 0.2) is 30.6 Å². The Morgan fingerprint density at radius 2 is 2.35 bits per heavy atom. The number of aliphatic hydroxyl groups is 1. The van der Waals surface area contributed by atoms with Gasteiger partial charge in [0.15, 0.2) is 0 Å². The Morgan fingerprint density at radius 1 is 1.41 bits per heavy atom. The van der Waals surface area contributed by atoms with Gasteiger partial charge in [-0.15, -0.1) is 0 Å². The molecule has 4 heteroatoms. The maximum absolute atomic E-state index is 9.12. The minimum Gasteiger partial charge on any atom is -0.396 e. The predicted molar refractivity (Wildman–Crippen MR) is 65.7 cm³/mol. The zero-order chi connectivity index (χ0) is 11.7. The van der Waals surface area contributed by atoms with Crippen LogP contribution in [0.4, 0.5) is 0 Å². The van der Waals surface area contributed by atoms with Gasteiger partial charge < -0.3 is 9.51 Å². The molecule has 1 aliphatic heterocycles. The monoisotopic (exact) mass is 231 g/mol. The van der Waals surface area contributed by atoms with Gasteiger partial charge in [-0.25, -0.2) is 4.98 Å². The number of hydrogen-bond donors (Lipinski definition) is 1. The summed E-state index contributed by atoms with van der Waals surface area (Å²) in [6, 6.07) is 6.03. The summed E-state index contributed by atoms with van der Waals surface area (Å²) in [6.07, 6.45) is 5.21. The Kier molecular flexibility index (Phi) is 2.82. The molecule has 3 heterocycles. The number of rotatable bonds is 3. The number of nitrogens with zero attached hydrogens (tertiary/aromatic N) is 3. The molecular weight excluding hydrogens is 214 g/mol. The van der Waals surface area contributed by atoms with Crippen LogP contribution >= 0.6 is 0 Å². The fourth-order valence-corrected chi connectivity index (χ4v) is 2.50. The molecule has 0 aliphatic carbocycles. The summed E-state index contributed by atoms with van der Waals surface area (Å²) in [6.45, 7) is 3.25. The zero-order valence-corrected chi connectivity index (χ0v) is 9.79. The maximum atomic E-state index is 9.12. The minimum atomic E-state index is 0.307. The summed E-state index contributed by atoms with van der Waals surface area (Å²) in [4.78, 5) is 6.95. The second-order valence-corrected chi connectivity index (χ2v) is 4.77. The average molecular weight is 231 g/mol. The molecule has 0 radical (unpaired) electrons. The van der Waals surface area contributed by atoms with Crippen LogP contribution in [0, 0.1) is 5.92 Å². The van der Waals surface area contributed by atoms with E-state index in [0.29, 0.717) is 12.5 Å². The fraction of sp³-hybridized carbons (Fsp3) is 0.462. The second-order valence-electron chi connectivity index (χ2n) is 4.77. The first-order valence-electron chi connectivity index (χ1n) is 6.11. The van der Waals surface area contributed by atoms with E-state index in [2.05, 4.69) is 20.5 Å². The lowest BCUT2D eigenvalue weighted by Gasteiger charge is -2.13. The van der Waals surface area contributed by atoms with Crippen LogP contribution in [-0.4, -0.2) is 39.1 Å². The van der Waals surface area contributed by atoms with Gasteiger partial charge in [-0.2, -0.15) is 0 Å². The summed E-state index contributed by atoms with van der Waals surface area (Å²) >= 11 is 0. The van der Waals surface area contributed by atoms with E-state index in [9.17, 15) is 0 Å². The van der Waals surface area contributed by atoms with Crippen LogP contribution in [0.5, 0.6) is 0 Å². The van der Waals surface area contributed by atoms with E-state index in [1.165, 1.54) is 0 Å². The van der Waals surface area contributed by atoms with Crippen molar-refractivity contribution >= 4 is 5.65 Å². The Hall–Kier alpha value is -1.39. The first-order valence-corrected chi connectivity index (χ1v) is 6.11. The van der Waals surface area contributed by atoms with Gasteiger partial charge in [0.1, 0.15) is 5.65 Å². The Balaban J connectivity index is 1.73. The van der Waals surface area contributed by atoms with Crippen molar-refractivity contribution in [3.8, 4) is 0 Å². The van der Waals surface area contributed by atoms with Crippen LogP contribution < -0.4 is 0 Å². The van der Waals surface area contributed by atoms with Gasteiger partial charge >= 0.3 is 0 Å². The van der Waals surface area contributed by atoms with E-state index in [1.54, 1.807) is 0 Å². The molecule has 2 aromatic rings. The number of aromatic nitrogens is 2. The highest BCUT2D eigenvalue weighted by molar-refractivity contribution is 5.39. The summed E-state index contributed by atoms with van der Waals surface area (Å²) in [7, 11) is 0. The number of imidazole rings is 1. The van der Waals surface area contributed by atoms with Crippen molar-refractivity contribution in [1.29, 1.82) is 0 Å². The third kappa shape index (κ3) is 2.18. The molecule has 0 bridgehead atoms. The van der Waals surface area contributed by atoms with Crippen molar-refractivity contribution < 1.29 is 5.11 Å². The second kappa shape index (κ2) is 4.47. The Labute approximate surface area is 101 Å². The predicted octanol–water partition coefficient (Wildman–Crippen LogP) is 1.15. The molecule has 1 unspecified atom stereocenters. The molecule has 17 heavy (non-hydrogen) atoms. The molecule has 4 nitrogen and oxygen atoms in total. The van der Waals surface area contributed by atoms with Crippen molar-refractivity contribution in [3.63, 3.8) is 0 Å². The summed E-state index contributed by atoms with van der Waals surface area (Å²) in [5, 5.41) is 9.12. The molecule has 1 aliphatic rings. The Bertz CT molecular complexity index is 475. The molecule has 90 valence electrons. The molecule has 2 aromatic heterocycles. The quantitative estimate of drug-likeness (QED) is 0.861. The van der Waals surface area contributed by atoms with Gasteiger partial charge in [-0.1, -0.05) is 6.07 Å². The Morgan fingerprint density at radius 3 is 3.12 bits per heavy atom. The van der Waals surface area contributed by atoms with Crippen molar-refractivity contribution in [2.24, 2.45) is 5.92 Å². The maximum Gasteiger partial charge on any atom is 0.137 e. The third-order valence-electron chi connectivity index (χ3n) is 3.43. The van der Waals surface area contributed by atoms with Gasteiger partial charge in [0, 0.05) is 32.1 Å². The number of pyridine rings is 1. The smallest absolute Gasteiger partial charge is 0.137 e. The van der Waals surface area contributed by atoms with E-state index < -0.39 is 0 Å². The first kappa shape index (κ1) is 10.7. The van der Waals surface area contributed by atoms with Crippen molar-refractivity contribution in [1.82, 2.24) is 14.3 Å². The zero-order valence-electron chi connectivity index (χ0n) is 9.79. The van der Waals surface area contributed by atoms with E-state index in [0.717, 1.165) is 37.4 Å². The molecule has 0 amide bonds. The summed E-state index contributed by atoms with van der Waals surface area (Å²) in [5.74, 6) is 0.451. The molecule has 0 saturated carbocycles. The van der Waals surface area contributed by atoms with Gasteiger partial charge in [-0.3, -0.25) is 4.90 Å². The van der Waals surface area contributed by atoms with Crippen LogP contribution in [0.2, 0.25) is 0 Å². The highest BCUT2D eigenvalue weighted by Crippen LogP contribution is 2.17. The molecule has 0 spiro atoms. The largest absolute Gasteiger partial charge is 0.396 e. The molecule has 1 N–H and O–H groups in total.